The Hall–Kier alpha value is -4.30. The maximum Gasteiger partial charge on any atom is 0.162 e. The summed E-state index contributed by atoms with van der Waals surface area (Å²) < 4.78 is 23.8. The van der Waals surface area contributed by atoms with Crippen molar-refractivity contribution in [2.45, 2.75) is 32.8 Å². The first-order chi connectivity index (χ1) is 23.1. The van der Waals surface area contributed by atoms with Gasteiger partial charge in [0, 0.05) is 24.1 Å². The van der Waals surface area contributed by atoms with Gasteiger partial charge in [-0.05, 0) is 81.7 Å². The van der Waals surface area contributed by atoms with Gasteiger partial charge in [-0.3, -0.25) is 0 Å². The number of methoxy groups -OCH3 is 2. The molecular weight excluding hydrogens is 688 g/mol. The molecule has 0 atom stereocenters. The SMILES string of the molecule is COc1cc(Sc2ccccc2)c(Br)cc1OCc1ccccc1.COc1cc(Sc2ccccc2)ccc1OCc1ccccc1. The first kappa shape index (κ1) is 34.0. The first-order valence-corrected chi connectivity index (χ1v) is 17.4. The highest BCUT2D eigenvalue weighted by Gasteiger charge is 2.12. The van der Waals surface area contributed by atoms with Crippen LogP contribution < -0.4 is 18.9 Å². The number of halogens is 1. The molecule has 238 valence electrons. The van der Waals surface area contributed by atoms with Gasteiger partial charge in [-0.25, -0.2) is 0 Å². The Bertz CT molecular complexity index is 1810. The molecule has 0 heterocycles. The Kier molecular flexibility index (Phi) is 13.1. The lowest BCUT2D eigenvalue weighted by molar-refractivity contribution is 0.284. The van der Waals surface area contributed by atoms with E-state index in [-0.39, 0.29) is 0 Å². The number of hydrogen-bond donors (Lipinski definition) is 0. The number of benzene rings is 6. The van der Waals surface area contributed by atoms with Crippen LogP contribution in [0.4, 0.5) is 0 Å². The van der Waals surface area contributed by atoms with Crippen LogP contribution in [-0.4, -0.2) is 14.2 Å². The minimum atomic E-state index is 0.509. The van der Waals surface area contributed by atoms with Gasteiger partial charge in [0.25, 0.3) is 0 Å². The summed E-state index contributed by atoms with van der Waals surface area (Å²) >= 11 is 7.03. The van der Waals surface area contributed by atoms with Crippen LogP contribution in [0.25, 0.3) is 0 Å². The second-order valence-electron chi connectivity index (χ2n) is 10.1. The fourth-order valence-corrected chi connectivity index (χ4v) is 6.71. The lowest BCUT2D eigenvalue weighted by atomic mass is 10.2. The van der Waals surface area contributed by atoms with Crippen LogP contribution in [0.15, 0.2) is 176 Å². The molecule has 0 radical (unpaired) electrons. The molecule has 6 aromatic rings. The molecule has 0 aromatic heterocycles. The summed E-state index contributed by atoms with van der Waals surface area (Å²) in [6.45, 7) is 1.04. The third-order valence-electron chi connectivity index (χ3n) is 6.78. The highest BCUT2D eigenvalue weighted by Crippen LogP contribution is 2.41. The lowest BCUT2D eigenvalue weighted by Crippen LogP contribution is -1.98. The third kappa shape index (κ3) is 10.6. The molecular formula is C40H35BrO4S2. The molecule has 0 N–H and O–H groups in total. The quantitative estimate of drug-likeness (QED) is 0.125. The minimum absolute atomic E-state index is 0.509. The molecule has 47 heavy (non-hydrogen) atoms. The molecule has 0 bridgehead atoms. The summed E-state index contributed by atoms with van der Waals surface area (Å²) in [5.74, 6) is 2.97. The van der Waals surface area contributed by atoms with Crippen molar-refractivity contribution >= 4 is 39.5 Å². The Balaban J connectivity index is 0.000000185. The van der Waals surface area contributed by atoms with Crippen LogP contribution in [0.1, 0.15) is 11.1 Å². The molecule has 0 aliphatic rings. The van der Waals surface area contributed by atoms with E-state index in [1.165, 1.54) is 9.79 Å². The second-order valence-corrected chi connectivity index (χ2v) is 13.2. The van der Waals surface area contributed by atoms with Crippen LogP contribution in [0.2, 0.25) is 0 Å². The molecule has 4 nitrogen and oxygen atoms in total. The summed E-state index contributed by atoms with van der Waals surface area (Å²) in [5, 5.41) is 0. The average Bonchev–Trinajstić information content (AvgIpc) is 3.13. The largest absolute Gasteiger partial charge is 0.493 e. The van der Waals surface area contributed by atoms with Crippen molar-refractivity contribution in [3.8, 4) is 23.0 Å². The molecule has 6 aromatic carbocycles. The van der Waals surface area contributed by atoms with E-state index in [9.17, 15) is 0 Å². The van der Waals surface area contributed by atoms with E-state index in [0.29, 0.717) is 13.2 Å². The maximum absolute atomic E-state index is 5.94. The zero-order valence-corrected chi connectivity index (χ0v) is 29.4. The van der Waals surface area contributed by atoms with Crippen molar-refractivity contribution in [3.63, 3.8) is 0 Å². The minimum Gasteiger partial charge on any atom is -0.493 e. The average molecular weight is 724 g/mol. The predicted molar refractivity (Wildman–Crippen MR) is 196 cm³/mol. The van der Waals surface area contributed by atoms with Crippen molar-refractivity contribution in [2.24, 2.45) is 0 Å². The van der Waals surface area contributed by atoms with E-state index in [0.717, 1.165) is 48.4 Å². The zero-order chi connectivity index (χ0) is 32.7. The van der Waals surface area contributed by atoms with E-state index >= 15 is 0 Å². The fourth-order valence-electron chi connectivity index (χ4n) is 4.41. The van der Waals surface area contributed by atoms with Gasteiger partial charge >= 0.3 is 0 Å². The standard InChI is InChI=1S/C20H17BrO2S.C20H18O2S/c1-22-18-13-20(24-16-10-6-3-7-11-16)17(21)12-19(18)23-14-15-8-4-2-5-9-15;1-21-20-14-18(23-17-10-6-3-7-11-17)12-13-19(20)22-15-16-8-4-2-5-9-16/h2-13H,14H2,1H3;2-14H,15H2,1H3. The predicted octanol–water partition coefficient (Wildman–Crippen LogP) is 11.6. The molecule has 0 saturated heterocycles. The van der Waals surface area contributed by atoms with Crippen molar-refractivity contribution in [1.82, 2.24) is 0 Å². The molecule has 6 rings (SSSR count). The number of ether oxygens (including phenoxy) is 4. The molecule has 0 aliphatic carbocycles. The van der Waals surface area contributed by atoms with Crippen LogP contribution in [-0.2, 0) is 13.2 Å². The Morgan fingerprint density at radius 3 is 1.45 bits per heavy atom. The zero-order valence-electron chi connectivity index (χ0n) is 26.2. The Morgan fingerprint density at radius 1 is 0.447 bits per heavy atom. The molecule has 0 saturated carbocycles. The van der Waals surface area contributed by atoms with E-state index < -0.39 is 0 Å². The van der Waals surface area contributed by atoms with Crippen LogP contribution in [0.3, 0.4) is 0 Å². The molecule has 0 amide bonds. The van der Waals surface area contributed by atoms with Crippen molar-refractivity contribution in [3.05, 3.63) is 167 Å². The Labute approximate surface area is 294 Å². The van der Waals surface area contributed by atoms with Crippen LogP contribution in [0.5, 0.6) is 23.0 Å². The maximum atomic E-state index is 5.94. The molecule has 0 unspecified atom stereocenters. The number of rotatable bonds is 12. The summed E-state index contributed by atoms with van der Waals surface area (Å²) in [5.41, 5.74) is 2.26. The van der Waals surface area contributed by atoms with Crippen molar-refractivity contribution < 1.29 is 18.9 Å². The van der Waals surface area contributed by atoms with Crippen molar-refractivity contribution in [1.29, 1.82) is 0 Å². The van der Waals surface area contributed by atoms with Crippen LogP contribution >= 0.6 is 39.5 Å². The highest BCUT2D eigenvalue weighted by atomic mass is 79.9. The van der Waals surface area contributed by atoms with E-state index in [2.05, 4.69) is 46.3 Å². The van der Waals surface area contributed by atoms with Gasteiger partial charge in [-0.15, -0.1) is 0 Å². The third-order valence-corrected chi connectivity index (χ3v) is 9.76. The van der Waals surface area contributed by atoms with E-state index in [4.69, 9.17) is 18.9 Å². The van der Waals surface area contributed by atoms with Gasteiger partial charge in [0.2, 0.25) is 0 Å². The summed E-state index contributed by atoms with van der Waals surface area (Å²) in [6, 6.07) is 50.7. The van der Waals surface area contributed by atoms with E-state index in [1.54, 1.807) is 37.7 Å². The fraction of sp³-hybridized carbons (Fsp3) is 0.100. The van der Waals surface area contributed by atoms with Crippen LogP contribution in [0, 0.1) is 0 Å². The summed E-state index contributed by atoms with van der Waals surface area (Å²) in [7, 11) is 3.33. The van der Waals surface area contributed by atoms with Crippen molar-refractivity contribution in [2.75, 3.05) is 14.2 Å². The molecule has 0 spiro atoms. The van der Waals surface area contributed by atoms with Gasteiger partial charge in [0.05, 0.1) is 14.2 Å². The molecule has 7 heteroatoms. The Morgan fingerprint density at radius 2 is 0.915 bits per heavy atom. The smallest absolute Gasteiger partial charge is 0.162 e. The highest BCUT2D eigenvalue weighted by molar-refractivity contribution is 9.10. The van der Waals surface area contributed by atoms with Gasteiger partial charge in [-0.1, -0.05) is 121 Å². The first-order valence-electron chi connectivity index (χ1n) is 15.0. The lowest BCUT2D eigenvalue weighted by Gasteiger charge is -2.14. The normalized spacial score (nSPS) is 10.4. The molecule has 0 aliphatic heterocycles. The second kappa shape index (κ2) is 18.1. The number of hydrogen-bond acceptors (Lipinski definition) is 6. The molecule has 0 fully saturated rings. The van der Waals surface area contributed by atoms with Gasteiger partial charge < -0.3 is 18.9 Å². The van der Waals surface area contributed by atoms with Gasteiger partial charge in [0.1, 0.15) is 13.2 Å². The summed E-state index contributed by atoms with van der Waals surface area (Å²) in [6.07, 6.45) is 0. The van der Waals surface area contributed by atoms with Gasteiger partial charge in [0.15, 0.2) is 23.0 Å². The van der Waals surface area contributed by atoms with Gasteiger partial charge in [-0.2, -0.15) is 0 Å². The topological polar surface area (TPSA) is 36.9 Å². The monoisotopic (exact) mass is 722 g/mol. The van der Waals surface area contributed by atoms with E-state index in [1.807, 2.05) is 121 Å². The summed E-state index contributed by atoms with van der Waals surface area (Å²) in [4.78, 5) is 4.59.